The van der Waals surface area contributed by atoms with Crippen molar-refractivity contribution in [2.75, 3.05) is 18.8 Å². The molecule has 2 atom stereocenters. The van der Waals surface area contributed by atoms with Gasteiger partial charge in [0.05, 0.1) is 16.7 Å². The number of thioether (sulfide) groups is 1. The van der Waals surface area contributed by atoms with Crippen LogP contribution < -0.4 is 5.56 Å². The van der Waals surface area contributed by atoms with Crippen molar-refractivity contribution in [2.24, 2.45) is 11.8 Å². The number of amides is 1. The predicted molar refractivity (Wildman–Crippen MR) is 115 cm³/mol. The van der Waals surface area contributed by atoms with E-state index >= 15 is 0 Å². The van der Waals surface area contributed by atoms with E-state index in [0.29, 0.717) is 40.5 Å². The number of hydrogen-bond donors (Lipinski definition) is 0. The smallest absolute Gasteiger partial charge is 0.263 e. The van der Waals surface area contributed by atoms with Gasteiger partial charge in [-0.1, -0.05) is 43.8 Å². The summed E-state index contributed by atoms with van der Waals surface area (Å²) in [5.41, 5.74) is 0.622. The molecule has 2 aromatic heterocycles. The Labute approximate surface area is 173 Å². The standard InChI is InChI=1S/C21H25N5O2S/c1-4-9-25-19(28)16-7-5-6-8-17(16)26-20(25)22-23-21(26)29-13-18(27)24-11-14(2)10-15(3)12-24/h4-8,14-15H,1,9-13H2,2-3H3/t14-,15+. The number of rotatable bonds is 5. The molecule has 0 spiro atoms. The molecule has 1 saturated heterocycles. The number of aromatic nitrogens is 4. The van der Waals surface area contributed by atoms with Crippen molar-refractivity contribution in [1.29, 1.82) is 0 Å². The monoisotopic (exact) mass is 411 g/mol. The lowest BCUT2D eigenvalue weighted by Gasteiger charge is -2.34. The van der Waals surface area contributed by atoms with E-state index in [0.717, 1.165) is 18.6 Å². The molecule has 1 aromatic carbocycles. The maximum atomic E-state index is 12.8. The van der Waals surface area contributed by atoms with Crippen molar-refractivity contribution in [3.05, 3.63) is 47.3 Å². The summed E-state index contributed by atoms with van der Waals surface area (Å²) < 4.78 is 3.42. The van der Waals surface area contributed by atoms with Crippen LogP contribution in [-0.2, 0) is 11.3 Å². The molecule has 0 N–H and O–H groups in total. The molecule has 8 heteroatoms. The Balaban J connectivity index is 1.67. The summed E-state index contributed by atoms with van der Waals surface area (Å²) in [6.45, 7) is 10.1. The fraction of sp³-hybridized carbons (Fsp3) is 0.429. The fourth-order valence-corrected chi connectivity index (χ4v) is 5.05. The predicted octanol–water partition coefficient (Wildman–Crippen LogP) is 2.83. The lowest BCUT2D eigenvalue weighted by atomic mass is 9.92. The van der Waals surface area contributed by atoms with Crippen molar-refractivity contribution in [3.8, 4) is 0 Å². The van der Waals surface area contributed by atoms with Gasteiger partial charge in [-0.2, -0.15) is 0 Å². The molecular weight excluding hydrogens is 386 g/mol. The number of carbonyl (C=O) groups is 1. The molecule has 0 unspecified atom stereocenters. The molecule has 1 aliphatic heterocycles. The molecule has 3 heterocycles. The third-order valence-corrected chi connectivity index (χ3v) is 6.25. The van der Waals surface area contributed by atoms with E-state index in [2.05, 4.69) is 30.6 Å². The summed E-state index contributed by atoms with van der Waals surface area (Å²) in [6, 6.07) is 7.40. The van der Waals surface area contributed by atoms with E-state index in [1.807, 2.05) is 27.5 Å². The van der Waals surface area contributed by atoms with Gasteiger partial charge in [-0.05, 0) is 30.4 Å². The van der Waals surface area contributed by atoms with Gasteiger partial charge in [-0.3, -0.25) is 18.6 Å². The van der Waals surface area contributed by atoms with Crippen molar-refractivity contribution in [3.63, 3.8) is 0 Å². The van der Waals surface area contributed by atoms with Crippen LogP contribution in [0.2, 0.25) is 0 Å². The van der Waals surface area contributed by atoms with Crippen LogP contribution in [0.3, 0.4) is 0 Å². The van der Waals surface area contributed by atoms with E-state index in [1.165, 1.54) is 18.2 Å². The second-order valence-electron chi connectivity index (χ2n) is 7.87. The number of para-hydroxylation sites is 1. The molecule has 0 aliphatic carbocycles. The molecule has 7 nitrogen and oxygen atoms in total. The Bertz CT molecular complexity index is 1130. The van der Waals surface area contributed by atoms with Crippen molar-refractivity contribution >= 4 is 34.3 Å². The van der Waals surface area contributed by atoms with Crippen LogP contribution in [0, 0.1) is 11.8 Å². The molecule has 4 rings (SSSR count). The lowest BCUT2D eigenvalue weighted by Crippen LogP contribution is -2.43. The van der Waals surface area contributed by atoms with Crippen molar-refractivity contribution < 1.29 is 4.79 Å². The van der Waals surface area contributed by atoms with Gasteiger partial charge in [0, 0.05) is 19.6 Å². The number of hydrogen-bond acceptors (Lipinski definition) is 5. The van der Waals surface area contributed by atoms with Crippen LogP contribution in [0.1, 0.15) is 20.3 Å². The SMILES string of the molecule is C=CCn1c(=O)c2ccccc2n2c(SCC(=O)N3C[C@H](C)C[C@H](C)C3)nnc12. The highest BCUT2D eigenvalue weighted by atomic mass is 32.2. The molecule has 1 fully saturated rings. The zero-order valence-electron chi connectivity index (χ0n) is 16.7. The first-order valence-corrected chi connectivity index (χ1v) is 10.9. The molecule has 3 aromatic rings. The summed E-state index contributed by atoms with van der Waals surface area (Å²) in [5, 5.41) is 9.74. The molecule has 0 saturated carbocycles. The summed E-state index contributed by atoms with van der Waals surface area (Å²) in [5.74, 6) is 1.94. The zero-order valence-corrected chi connectivity index (χ0v) is 17.6. The largest absolute Gasteiger partial charge is 0.341 e. The molecule has 29 heavy (non-hydrogen) atoms. The average Bonchev–Trinajstić information content (AvgIpc) is 3.12. The van der Waals surface area contributed by atoms with Gasteiger partial charge in [-0.15, -0.1) is 16.8 Å². The Morgan fingerprint density at radius 2 is 1.97 bits per heavy atom. The maximum absolute atomic E-state index is 12.8. The van der Waals surface area contributed by atoms with Gasteiger partial charge in [0.25, 0.3) is 5.56 Å². The second-order valence-corrected chi connectivity index (χ2v) is 8.82. The number of piperidine rings is 1. The van der Waals surface area contributed by atoms with E-state index in [9.17, 15) is 9.59 Å². The summed E-state index contributed by atoms with van der Waals surface area (Å²) in [7, 11) is 0. The Morgan fingerprint density at radius 3 is 2.69 bits per heavy atom. The van der Waals surface area contributed by atoms with E-state index in [4.69, 9.17) is 0 Å². The van der Waals surface area contributed by atoms with Crippen LogP contribution in [-0.4, -0.2) is 48.8 Å². The minimum Gasteiger partial charge on any atom is -0.341 e. The topological polar surface area (TPSA) is 72.5 Å². The highest BCUT2D eigenvalue weighted by molar-refractivity contribution is 7.99. The van der Waals surface area contributed by atoms with Crippen LogP contribution in [0.4, 0.5) is 0 Å². The first kappa shape index (κ1) is 19.7. The second kappa shape index (κ2) is 8.02. The number of nitrogens with zero attached hydrogens (tertiary/aromatic N) is 5. The molecule has 152 valence electrons. The zero-order chi connectivity index (χ0) is 20.5. The van der Waals surface area contributed by atoms with Crippen LogP contribution >= 0.6 is 11.8 Å². The molecule has 0 bridgehead atoms. The normalized spacial score (nSPS) is 19.7. The fourth-order valence-electron chi connectivity index (χ4n) is 4.20. The van der Waals surface area contributed by atoms with Gasteiger partial charge >= 0.3 is 0 Å². The third kappa shape index (κ3) is 3.69. The van der Waals surface area contributed by atoms with Gasteiger partial charge < -0.3 is 4.90 Å². The van der Waals surface area contributed by atoms with Gasteiger partial charge in [0.2, 0.25) is 11.7 Å². The third-order valence-electron chi connectivity index (χ3n) is 5.34. The maximum Gasteiger partial charge on any atom is 0.263 e. The van der Waals surface area contributed by atoms with Crippen molar-refractivity contribution in [1.82, 2.24) is 24.1 Å². The summed E-state index contributed by atoms with van der Waals surface area (Å²) in [4.78, 5) is 27.6. The van der Waals surface area contributed by atoms with Gasteiger partial charge in [0.1, 0.15) is 0 Å². The lowest BCUT2D eigenvalue weighted by molar-refractivity contribution is -0.130. The highest BCUT2D eigenvalue weighted by Crippen LogP contribution is 2.24. The first-order valence-electron chi connectivity index (χ1n) is 9.87. The van der Waals surface area contributed by atoms with E-state index in [1.54, 1.807) is 16.7 Å². The minimum atomic E-state index is -0.121. The quantitative estimate of drug-likeness (QED) is 0.477. The summed E-state index contributed by atoms with van der Waals surface area (Å²) in [6.07, 6.45) is 2.83. The Morgan fingerprint density at radius 1 is 1.24 bits per heavy atom. The van der Waals surface area contributed by atoms with Gasteiger partial charge in [0.15, 0.2) is 5.16 Å². The molecular formula is C21H25N5O2S. The van der Waals surface area contributed by atoms with Crippen LogP contribution in [0.15, 0.2) is 46.9 Å². The number of benzene rings is 1. The van der Waals surface area contributed by atoms with Crippen molar-refractivity contribution in [2.45, 2.75) is 32.0 Å². The van der Waals surface area contributed by atoms with Crippen LogP contribution in [0.5, 0.6) is 0 Å². The number of likely N-dealkylation sites (tertiary alicyclic amines) is 1. The number of fused-ring (bicyclic) bond motifs is 3. The average molecular weight is 412 g/mol. The van der Waals surface area contributed by atoms with Gasteiger partial charge in [-0.25, -0.2) is 0 Å². The minimum absolute atomic E-state index is 0.119. The summed E-state index contributed by atoms with van der Waals surface area (Å²) >= 11 is 1.37. The van der Waals surface area contributed by atoms with E-state index in [-0.39, 0.29) is 11.5 Å². The highest BCUT2D eigenvalue weighted by Gasteiger charge is 2.26. The number of allylic oxidation sites excluding steroid dienone is 1. The first-order chi connectivity index (χ1) is 14.0. The molecule has 0 radical (unpaired) electrons. The molecule has 1 aliphatic rings. The van der Waals surface area contributed by atoms with E-state index < -0.39 is 0 Å². The molecule has 1 amide bonds. The Hall–Kier alpha value is -2.61. The Kier molecular flexibility index (Phi) is 5.45. The number of carbonyl (C=O) groups excluding carboxylic acids is 1. The van der Waals surface area contributed by atoms with Crippen LogP contribution in [0.25, 0.3) is 16.7 Å².